The maximum atomic E-state index is 5.78. The molecule has 0 unspecified atom stereocenters. The summed E-state index contributed by atoms with van der Waals surface area (Å²) in [6.07, 6.45) is 0. The second-order valence-corrected chi connectivity index (χ2v) is 4.46. The first-order valence-electron chi connectivity index (χ1n) is 4.36. The van der Waals surface area contributed by atoms with E-state index in [2.05, 4.69) is 10.2 Å². The van der Waals surface area contributed by atoms with Crippen LogP contribution in [0.1, 0.15) is 5.82 Å². The van der Waals surface area contributed by atoms with Gasteiger partial charge in [0.2, 0.25) is 0 Å². The van der Waals surface area contributed by atoms with Crippen molar-refractivity contribution in [1.29, 1.82) is 0 Å². The third-order valence-corrected chi connectivity index (χ3v) is 3.50. The van der Waals surface area contributed by atoms with E-state index in [4.69, 9.17) is 28.9 Å². The fourth-order valence-corrected chi connectivity index (χ4v) is 2.18. The fraction of sp³-hybridized carbons (Fsp3) is 0.500. The molecule has 0 aliphatic rings. The zero-order valence-corrected chi connectivity index (χ0v) is 10.6. The lowest BCUT2D eigenvalue weighted by molar-refractivity contribution is 0.628. The van der Waals surface area contributed by atoms with E-state index in [1.54, 1.807) is 0 Å². The normalized spacial score (nSPS) is 12.1. The molecule has 1 rings (SSSR count). The Balaban J connectivity index is 2.68. The Hall–Kier alpha value is -0.230. The molecule has 0 bridgehead atoms. The Morgan fingerprint density at radius 3 is 2.93 bits per heavy atom. The van der Waals surface area contributed by atoms with Gasteiger partial charge in [-0.25, -0.2) is 0 Å². The Bertz CT molecular complexity index is 350. The van der Waals surface area contributed by atoms with Crippen LogP contribution < -0.4 is 5.73 Å². The first-order valence-corrected chi connectivity index (χ1v) is 6.16. The third-order valence-electron chi connectivity index (χ3n) is 1.71. The number of aryl methyl sites for hydroxylation is 1. The molecular formula is C8H12Cl2N4S. The van der Waals surface area contributed by atoms with Gasteiger partial charge in [0, 0.05) is 29.4 Å². The minimum atomic E-state index is 0.561. The number of halogens is 2. The van der Waals surface area contributed by atoms with Gasteiger partial charge in [0.05, 0.1) is 0 Å². The first kappa shape index (κ1) is 12.8. The van der Waals surface area contributed by atoms with Gasteiger partial charge in [-0.3, -0.25) is 0 Å². The molecule has 0 aliphatic carbocycles. The van der Waals surface area contributed by atoms with Crippen molar-refractivity contribution in [3.63, 3.8) is 0 Å². The highest BCUT2D eigenvalue weighted by Gasteiger charge is 2.08. The number of aromatic nitrogens is 3. The minimum Gasteiger partial charge on any atom is -0.329 e. The summed E-state index contributed by atoms with van der Waals surface area (Å²) in [5.41, 5.74) is 6.85. The number of hydrogen-bond donors (Lipinski definition) is 1. The molecule has 7 heteroatoms. The maximum absolute atomic E-state index is 5.78. The Kier molecular flexibility index (Phi) is 5.45. The van der Waals surface area contributed by atoms with Gasteiger partial charge in [-0.15, -0.1) is 10.2 Å². The summed E-state index contributed by atoms with van der Waals surface area (Å²) < 4.78 is 1.96. The molecule has 0 saturated carbocycles. The van der Waals surface area contributed by atoms with Gasteiger partial charge in [-0.2, -0.15) is 0 Å². The van der Waals surface area contributed by atoms with E-state index >= 15 is 0 Å². The molecule has 1 heterocycles. The van der Waals surface area contributed by atoms with Crippen LogP contribution in [0.25, 0.3) is 0 Å². The smallest absolute Gasteiger partial charge is 0.191 e. The van der Waals surface area contributed by atoms with Crippen LogP contribution in [0.15, 0.2) is 15.7 Å². The van der Waals surface area contributed by atoms with Gasteiger partial charge >= 0.3 is 0 Å². The zero-order chi connectivity index (χ0) is 11.3. The largest absolute Gasteiger partial charge is 0.329 e. The number of rotatable bonds is 5. The van der Waals surface area contributed by atoms with Crippen LogP contribution in [0.4, 0.5) is 0 Å². The molecule has 0 spiro atoms. The van der Waals surface area contributed by atoms with Crippen LogP contribution in [0.2, 0.25) is 0 Å². The van der Waals surface area contributed by atoms with E-state index in [9.17, 15) is 0 Å². The average Bonchev–Trinajstić information content (AvgIpc) is 2.58. The van der Waals surface area contributed by atoms with Crippen molar-refractivity contribution in [2.45, 2.75) is 18.6 Å². The monoisotopic (exact) mass is 266 g/mol. The van der Waals surface area contributed by atoms with Crippen molar-refractivity contribution in [2.24, 2.45) is 5.73 Å². The predicted molar refractivity (Wildman–Crippen MR) is 64.3 cm³/mol. The highest BCUT2D eigenvalue weighted by atomic mass is 35.5. The third kappa shape index (κ3) is 3.68. The molecule has 4 nitrogen and oxygen atoms in total. The summed E-state index contributed by atoms with van der Waals surface area (Å²) in [5, 5.41) is 9.41. The summed E-state index contributed by atoms with van der Waals surface area (Å²) in [5.74, 6) is 1.45. The molecule has 0 amide bonds. The number of thioether (sulfide) groups is 1. The lowest BCUT2D eigenvalue weighted by Gasteiger charge is -2.05. The summed E-state index contributed by atoms with van der Waals surface area (Å²) in [6.45, 7) is 3.17. The molecule has 0 saturated heterocycles. The van der Waals surface area contributed by atoms with Gasteiger partial charge in [0.15, 0.2) is 5.16 Å². The van der Waals surface area contributed by atoms with Crippen molar-refractivity contribution in [3.05, 3.63) is 16.4 Å². The van der Waals surface area contributed by atoms with Gasteiger partial charge in [0.1, 0.15) is 5.82 Å². The standard InChI is InChI=1S/C8H12Cl2N4S/c1-6-12-13-8(14(6)3-2-11)15-5-7(10)4-9/h4H,2-3,5,11H2,1H3. The molecular weight excluding hydrogens is 255 g/mol. The SMILES string of the molecule is Cc1nnc(SCC(Cl)=CCl)n1CCN. The van der Waals surface area contributed by atoms with Crippen molar-refractivity contribution >= 4 is 35.0 Å². The molecule has 0 radical (unpaired) electrons. The second kappa shape index (κ2) is 6.37. The topological polar surface area (TPSA) is 56.7 Å². The Labute approximate surface area is 103 Å². The highest BCUT2D eigenvalue weighted by Crippen LogP contribution is 2.21. The van der Waals surface area contributed by atoms with Gasteiger partial charge < -0.3 is 10.3 Å². The van der Waals surface area contributed by atoms with Crippen LogP contribution in [0, 0.1) is 6.92 Å². The molecule has 1 aromatic rings. The minimum absolute atomic E-state index is 0.561. The van der Waals surface area contributed by atoms with Crippen molar-refractivity contribution < 1.29 is 0 Å². The first-order chi connectivity index (χ1) is 7.19. The predicted octanol–water partition coefficient (Wildman–Crippen LogP) is 1.96. The second-order valence-electron chi connectivity index (χ2n) is 2.81. The molecule has 0 atom stereocenters. The van der Waals surface area contributed by atoms with Crippen LogP contribution in [-0.2, 0) is 6.54 Å². The van der Waals surface area contributed by atoms with E-state index in [1.165, 1.54) is 17.3 Å². The Morgan fingerprint density at radius 2 is 2.33 bits per heavy atom. The van der Waals surface area contributed by atoms with Gasteiger partial charge in [-0.1, -0.05) is 35.0 Å². The Morgan fingerprint density at radius 1 is 1.60 bits per heavy atom. The summed E-state index contributed by atoms with van der Waals surface area (Å²) in [7, 11) is 0. The van der Waals surface area contributed by atoms with Crippen LogP contribution in [0.3, 0.4) is 0 Å². The van der Waals surface area contributed by atoms with Crippen LogP contribution in [0.5, 0.6) is 0 Å². The van der Waals surface area contributed by atoms with E-state index in [0.29, 0.717) is 23.9 Å². The number of nitrogens with zero attached hydrogens (tertiary/aromatic N) is 3. The molecule has 1 aromatic heterocycles. The average molecular weight is 267 g/mol. The highest BCUT2D eigenvalue weighted by molar-refractivity contribution is 7.99. The van der Waals surface area contributed by atoms with E-state index < -0.39 is 0 Å². The molecule has 0 aromatic carbocycles. The van der Waals surface area contributed by atoms with Crippen LogP contribution >= 0.6 is 35.0 Å². The van der Waals surface area contributed by atoms with Crippen molar-refractivity contribution in [3.8, 4) is 0 Å². The summed E-state index contributed by atoms with van der Waals surface area (Å²) >= 11 is 12.7. The number of nitrogens with two attached hydrogens (primary N) is 1. The van der Waals surface area contributed by atoms with Gasteiger partial charge in [-0.05, 0) is 6.92 Å². The zero-order valence-electron chi connectivity index (χ0n) is 8.28. The number of hydrogen-bond acceptors (Lipinski definition) is 4. The fourth-order valence-electron chi connectivity index (χ4n) is 1.02. The molecule has 84 valence electrons. The molecule has 0 aliphatic heterocycles. The quantitative estimate of drug-likeness (QED) is 0.828. The molecule has 0 fully saturated rings. The molecule has 15 heavy (non-hydrogen) atoms. The van der Waals surface area contributed by atoms with E-state index in [1.807, 2.05) is 11.5 Å². The lowest BCUT2D eigenvalue weighted by Crippen LogP contribution is -2.12. The summed E-state index contributed by atoms with van der Waals surface area (Å²) in [6, 6.07) is 0. The van der Waals surface area contributed by atoms with E-state index in [0.717, 1.165) is 11.0 Å². The van der Waals surface area contributed by atoms with Crippen molar-refractivity contribution in [2.75, 3.05) is 12.3 Å². The van der Waals surface area contributed by atoms with Crippen LogP contribution in [-0.4, -0.2) is 27.1 Å². The van der Waals surface area contributed by atoms with Gasteiger partial charge in [0.25, 0.3) is 0 Å². The van der Waals surface area contributed by atoms with Crippen molar-refractivity contribution in [1.82, 2.24) is 14.8 Å². The maximum Gasteiger partial charge on any atom is 0.191 e. The summed E-state index contributed by atoms with van der Waals surface area (Å²) in [4.78, 5) is 0. The van der Waals surface area contributed by atoms with E-state index in [-0.39, 0.29) is 0 Å². The molecule has 2 N–H and O–H groups in total. The lowest BCUT2D eigenvalue weighted by atomic mass is 10.6.